The minimum absolute atomic E-state index is 0.172. The number of hydrazine groups is 1. The molecule has 0 atom stereocenters. The number of amides is 1. The number of fused-ring (bicyclic) bond motifs is 1. The van der Waals surface area contributed by atoms with Gasteiger partial charge in [-0.1, -0.05) is 30.3 Å². The van der Waals surface area contributed by atoms with Gasteiger partial charge in [0.05, 0.1) is 11.1 Å². The van der Waals surface area contributed by atoms with Crippen LogP contribution in [0.3, 0.4) is 0 Å². The molecule has 17 heavy (non-hydrogen) atoms. The third-order valence-corrected chi connectivity index (χ3v) is 2.69. The highest BCUT2D eigenvalue weighted by atomic mass is 35.5. The third-order valence-electron chi connectivity index (χ3n) is 2.50. The minimum Gasteiger partial charge on any atom is -0.290 e. The van der Waals surface area contributed by atoms with E-state index in [2.05, 4.69) is 0 Å². The van der Waals surface area contributed by atoms with Crippen molar-refractivity contribution in [3.8, 4) is 0 Å². The van der Waals surface area contributed by atoms with Gasteiger partial charge in [-0.25, -0.2) is 5.84 Å². The number of nitrogen functional groups attached to an aromatic ring is 1. The molecule has 0 aliphatic rings. The molecule has 86 valence electrons. The van der Waals surface area contributed by atoms with Gasteiger partial charge in [0.2, 0.25) is 0 Å². The number of carbonyl (C=O) groups is 2. The Morgan fingerprint density at radius 2 is 1.82 bits per heavy atom. The van der Waals surface area contributed by atoms with Crippen molar-refractivity contribution in [2.24, 2.45) is 5.84 Å². The van der Waals surface area contributed by atoms with Crippen molar-refractivity contribution in [1.82, 2.24) is 5.43 Å². The maximum absolute atomic E-state index is 11.5. The normalized spacial score (nSPS) is 10.2. The average Bonchev–Trinajstić information content (AvgIpc) is 2.36. The zero-order valence-electron chi connectivity index (χ0n) is 8.74. The molecule has 3 N–H and O–H groups in total. The number of nitrogens with two attached hydrogens (primary N) is 1. The summed E-state index contributed by atoms with van der Waals surface area (Å²) in [5, 5.41) is 0.791. The Kier molecular flexibility index (Phi) is 3.08. The Hall–Kier alpha value is -1.91. The molecule has 4 nitrogen and oxygen atoms in total. The maximum atomic E-state index is 11.5. The van der Waals surface area contributed by atoms with E-state index in [1.54, 1.807) is 18.2 Å². The quantitative estimate of drug-likeness (QED) is 0.369. The van der Waals surface area contributed by atoms with Crippen molar-refractivity contribution in [3.63, 3.8) is 0 Å². The molecule has 2 rings (SSSR count). The molecule has 0 saturated heterocycles. The first-order chi connectivity index (χ1) is 8.15. The van der Waals surface area contributed by atoms with Gasteiger partial charge in [-0.15, -0.1) is 0 Å². The second kappa shape index (κ2) is 4.53. The fraction of sp³-hybridized carbons (Fsp3) is 0. The lowest BCUT2D eigenvalue weighted by Gasteiger charge is -2.08. The van der Waals surface area contributed by atoms with Gasteiger partial charge >= 0.3 is 0 Å². The fourth-order valence-corrected chi connectivity index (χ4v) is 1.95. The van der Waals surface area contributed by atoms with Gasteiger partial charge in [-0.2, -0.15) is 0 Å². The molecular weight excluding hydrogens is 240 g/mol. The number of carbonyl (C=O) groups excluding carboxylic acids is 2. The summed E-state index contributed by atoms with van der Waals surface area (Å²) in [6.07, 6.45) is 0. The van der Waals surface area contributed by atoms with Gasteiger partial charge in [-0.3, -0.25) is 15.0 Å². The average molecular weight is 249 g/mol. The van der Waals surface area contributed by atoms with Gasteiger partial charge in [0.15, 0.2) is 0 Å². The molecule has 0 heterocycles. The highest BCUT2D eigenvalue weighted by Gasteiger charge is 2.17. The van der Waals surface area contributed by atoms with Crippen LogP contribution in [0.5, 0.6) is 0 Å². The van der Waals surface area contributed by atoms with E-state index in [4.69, 9.17) is 17.4 Å². The highest BCUT2D eigenvalue weighted by Crippen LogP contribution is 2.24. The molecule has 0 saturated carbocycles. The number of hydrogen-bond donors (Lipinski definition) is 2. The van der Waals surface area contributed by atoms with E-state index in [0.29, 0.717) is 5.39 Å². The molecule has 2 aromatic carbocycles. The van der Waals surface area contributed by atoms with Crippen LogP contribution in [0.1, 0.15) is 20.7 Å². The van der Waals surface area contributed by atoms with Crippen LogP contribution in [0, 0.1) is 0 Å². The van der Waals surface area contributed by atoms with E-state index < -0.39 is 11.1 Å². The summed E-state index contributed by atoms with van der Waals surface area (Å²) >= 11 is 5.53. The fourth-order valence-electron chi connectivity index (χ4n) is 1.75. The summed E-state index contributed by atoms with van der Waals surface area (Å²) in [5.41, 5.74) is 2.34. The molecule has 0 aliphatic carbocycles. The Bertz CT molecular complexity index is 610. The van der Waals surface area contributed by atoms with Gasteiger partial charge in [0.1, 0.15) is 0 Å². The van der Waals surface area contributed by atoms with Crippen molar-refractivity contribution in [3.05, 3.63) is 47.5 Å². The highest BCUT2D eigenvalue weighted by molar-refractivity contribution is 6.69. The van der Waals surface area contributed by atoms with Gasteiger partial charge in [0.25, 0.3) is 11.1 Å². The van der Waals surface area contributed by atoms with Crippen LogP contribution in [0.2, 0.25) is 0 Å². The summed E-state index contributed by atoms with van der Waals surface area (Å²) in [5.74, 6) is 4.52. The molecule has 5 heteroatoms. The van der Waals surface area contributed by atoms with Crippen LogP contribution in [0.25, 0.3) is 10.8 Å². The smallest absolute Gasteiger partial charge is 0.265 e. The summed E-state index contributed by atoms with van der Waals surface area (Å²) < 4.78 is 0. The van der Waals surface area contributed by atoms with Crippen LogP contribution in [0.4, 0.5) is 0 Å². The Labute approximate surface area is 102 Å². The van der Waals surface area contributed by atoms with Crippen molar-refractivity contribution < 1.29 is 9.59 Å². The first kappa shape index (κ1) is 11.6. The van der Waals surface area contributed by atoms with Crippen molar-refractivity contribution in [2.45, 2.75) is 0 Å². The molecule has 0 aliphatic heterocycles. The molecule has 0 spiro atoms. The molecule has 2 aromatic rings. The number of benzene rings is 2. The number of rotatable bonds is 2. The van der Waals surface area contributed by atoms with E-state index in [1.165, 1.54) is 6.07 Å². The Morgan fingerprint density at radius 3 is 2.47 bits per heavy atom. The Morgan fingerprint density at radius 1 is 1.12 bits per heavy atom. The van der Waals surface area contributed by atoms with Gasteiger partial charge in [-0.05, 0) is 28.4 Å². The molecular formula is C12H9ClN2O2. The predicted molar refractivity (Wildman–Crippen MR) is 65.8 cm³/mol. The summed E-state index contributed by atoms with van der Waals surface area (Å²) in [6.45, 7) is 0. The molecule has 0 radical (unpaired) electrons. The largest absolute Gasteiger partial charge is 0.290 e. The van der Waals surface area contributed by atoms with Crippen molar-refractivity contribution in [2.75, 3.05) is 0 Å². The summed E-state index contributed by atoms with van der Waals surface area (Å²) in [6, 6.07) is 10.5. The minimum atomic E-state index is -0.680. The lowest BCUT2D eigenvalue weighted by atomic mass is 9.99. The zero-order chi connectivity index (χ0) is 12.4. The van der Waals surface area contributed by atoms with Gasteiger partial charge in [0, 0.05) is 0 Å². The topological polar surface area (TPSA) is 72.2 Å². The van der Waals surface area contributed by atoms with Crippen LogP contribution >= 0.6 is 11.6 Å². The van der Waals surface area contributed by atoms with E-state index in [0.717, 1.165) is 5.39 Å². The molecule has 1 amide bonds. The lowest BCUT2D eigenvalue weighted by molar-refractivity contribution is 0.0946. The van der Waals surface area contributed by atoms with E-state index in [-0.39, 0.29) is 11.1 Å². The number of halogens is 1. The maximum Gasteiger partial charge on any atom is 0.265 e. The monoisotopic (exact) mass is 248 g/mol. The van der Waals surface area contributed by atoms with Crippen molar-refractivity contribution in [1.29, 1.82) is 0 Å². The SMILES string of the molecule is NNC(=O)c1ccc2ccccc2c1C(=O)Cl. The standard InChI is InChI=1S/C12H9ClN2O2/c13-11(16)10-8-4-2-1-3-7(8)5-6-9(10)12(17)15-14/h1-6H,14H2,(H,15,17). The first-order valence-corrected chi connectivity index (χ1v) is 5.25. The molecule has 0 unspecified atom stereocenters. The van der Waals surface area contributed by atoms with E-state index in [1.807, 2.05) is 17.6 Å². The second-order valence-corrected chi connectivity index (χ2v) is 3.80. The third kappa shape index (κ3) is 2.00. The van der Waals surface area contributed by atoms with Crippen LogP contribution in [0.15, 0.2) is 36.4 Å². The first-order valence-electron chi connectivity index (χ1n) is 4.87. The molecule has 0 fully saturated rings. The Balaban J connectivity index is 2.82. The summed E-state index contributed by atoms with van der Waals surface area (Å²) in [4.78, 5) is 23.0. The second-order valence-electron chi connectivity index (χ2n) is 3.46. The van der Waals surface area contributed by atoms with E-state index in [9.17, 15) is 9.59 Å². The molecule has 0 aromatic heterocycles. The predicted octanol–water partition coefficient (Wildman–Crippen LogP) is 1.82. The van der Waals surface area contributed by atoms with Gasteiger partial charge < -0.3 is 0 Å². The number of hydrogen-bond acceptors (Lipinski definition) is 3. The van der Waals surface area contributed by atoms with Crippen LogP contribution in [-0.2, 0) is 0 Å². The zero-order valence-corrected chi connectivity index (χ0v) is 9.49. The molecule has 0 bridgehead atoms. The number of nitrogens with one attached hydrogen (secondary N) is 1. The lowest BCUT2D eigenvalue weighted by Crippen LogP contribution is -2.31. The van der Waals surface area contributed by atoms with Crippen LogP contribution in [-0.4, -0.2) is 11.1 Å². The van der Waals surface area contributed by atoms with E-state index >= 15 is 0 Å². The summed E-state index contributed by atoms with van der Waals surface area (Å²) in [7, 11) is 0. The van der Waals surface area contributed by atoms with Crippen molar-refractivity contribution >= 4 is 33.5 Å². The van der Waals surface area contributed by atoms with Crippen LogP contribution < -0.4 is 11.3 Å².